The first-order valence-corrected chi connectivity index (χ1v) is 7.87. The maximum atomic E-state index is 12.2. The zero-order valence-corrected chi connectivity index (χ0v) is 13.6. The van der Waals surface area contributed by atoms with Crippen LogP contribution in [0.2, 0.25) is 0 Å². The summed E-state index contributed by atoms with van der Waals surface area (Å²) in [6.07, 6.45) is 1.51. The van der Waals surface area contributed by atoms with Gasteiger partial charge in [0, 0.05) is 10.9 Å². The molecule has 0 radical (unpaired) electrons. The fourth-order valence-electron chi connectivity index (χ4n) is 1.98. The van der Waals surface area contributed by atoms with Crippen LogP contribution in [0.15, 0.2) is 48.0 Å². The van der Waals surface area contributed by atoms with Gasteiger partial charge in [-0.3, -0.25) is 10.1 Å². The topological polar surface area (TPSA) is 64.1 Å². The second-order valence-electron chi connectivity index (χ2n) is 4.94. The highest BCUT2D eigenvalue weighted by atomic mass is 32.1. The van der Waals surface area contributed by atoms with Gasteiger partial charge in [0.25, 0.3) is 5.91 Å². The number of aromatic nitrogens is 2. The smallest absolute Gasteiger partial charge is 0.276 e. The molecular formula is C17H15N3O2S. The number of carbonyl (C=O) groups excluding carboxylic acids is 1. The van der Waals surface area contributed by atoms with Gasteiger partial charge >= 0.3 is 0 Å². The van der Waals surface area contributed by atoms with Crippen LogP contribution in [0, 0.1) is 6.92 Å². The summed E-state index contributed by atoms with van der Waals surface area (Å²) in [5.41, 5.74) is 3.38. The van der Waals surface area contributed by atoms with Gasteiger partial charge in [0.1, 0.15) is 11.4 Å². The number of hydrogen-bond acceptors (Lipinski definition) is 5. The SMILES string of the molecule is COc1ccc(C(=O)Nc2nc(-c3ccc(C)cc3)cs2)nc1. The van der Waals surface area contributed by atoms with E-state index in [2.05, 4.69) is 15.3 Å². The molecule has 0 bridgehead atoms. The average molecular weight is 325 g/mol. The number of pyridine rings is 1. The Kier molecular flexibility index (Phi) is 4.34. The van der Waals surface area contributed by atoms with Crippen molar-refractivity contribution in [1.29, 1.82) is 0 Å². The third-order valence-electron chi connectivity index (χ3n) is 3.28. The van der Waals surface area contributed by atoms with Crippen molar-refractivity contribution >= 4 is 22.4 Å². The number of rotatable bonds is 4. The van der Waals surface area contributed by atoms with Crippen LogP contribution < -0.4 is 10.1 Å². The molecule has 2 heterocycles. The van der Waals surface area contributed by atoms with E-state index in [1.54, 1.807) is 19.2 Å². The lowest BCUT2D eigenvalue weighted by Crippen LogP contribution is -2.13. The molecule has 23 heavy (non-hydrogen) atoms. The minimum Gasteiger partial charge on any atom is -0.495 e. The predicted molar refractivity (Wildman–Crippen MR) is 91.0 cm³/mol. The minimum atomic E-state index is -0.294. The van der Waals surface area contributed by atoms with Crippen LogP contribution in [-0.2, 0) is 0 Å². The van der Waals surface area contributed by atoms with Gasteiger partial charge in [0.15, 0.2) is 5.13 Å². The molecule has 0 fully saturated rings. The molecule has 0 spiro atoms. The molecule has 3 rings (SSSR count). The molecule has 6 heteroatoms. The van der Waals surface area contributed by atoms with Gasteiger partial charge < -0.3 is 4.74 Å². The van der Waals surface area contributed by atoms with Crippen LogP contribution in [0.3, 0.4) is 0 Å². The predicted octanol–water partition coefficient (Wildman–Crippen LogP) is 3.77. The van der Waals surface area contributed by atoms with Crippen molar-refractivity contribution in [2.75, 3.05) is 12.4 Å². The molecule has 0 aliphatic heterocycles. The maximum Gasteiger partial charge on any atom is 0.276 e. The lowest BCUT2D eigenvalue weighted by Gasteiger charge is -2.02. The van der Waals surface area contributed by atoms with Crippen molar-refractivity contribution in [3.05, 3.63) is 59.2 Å². The normalized spacial score (nSPS) is 10.3. The monoisotopic (exact) mass is 325 g/mol. The fraction of sp³-hybridized carbons (Fsp3) is 0.118. The number of aryl methyl sites for hydroxylation is 1. The number of nitrogens with zero attached hydrogens (tertiary/aromatic N) is 2. The van der Waals surface area contributed by atoms with E-state index in [0.29, 0.717) is 16.6 Å². The first kappa shape index (κ1) is 15.2. The van der Waals surface area contributed by atoms with E-state index in [4.69, 9.17) is 4.74 Å². The summed E-state index contributed by atoms with van der Waals surface area (Å²) in [5, 5.41) is 5.23. The minimum absolute atomic E-state index is 0.294. The highest BCUT2D eigenvalue weighted by molar-refractivity contribution is 7.14. The van der Waals surface area contributed by atoms with E-state index >= 15 is 0 Å². The van der Waals surface area contributed by atoms with Gasteiger partial charge in [-0.15, -0.1) is 11.3 Å². The second kappa shape index (κ2) is 6.58. The third kappa shape index (κ3) is 3.54. The maximum absolute atomic E-state index is 12.2. The van der Waals surface area contributed by atoms with Crippen molar-refractivity contribution in [3.63, 3.8) is 0 Å². The molecule has 0 aliphatic carbocycles. The van der Waals surface area contributed by atoms with Gasteiger partial charge in [0.2, 0.25) is 0 Å². The first-order valence-electron chi connectivity index (χ1n) is 6.99. The van der Waals surface area contributed by atoms with Crippen LogP contribution in [-0.4, -0.2) is 23.0 Å². The Balaban J connectivity index is 1.73. The highest BCUT2D eigenvalue weighted by Crippen LogP contribution is 2.25. The zero-order chi connectivity index (χ0) is 16.2. The number of benzene rings is 1. The van der Waals surface area contributed by atoms with E-state index < -0.39 is 0 Å². The van der Waals surface area contributed by atoms with Gasteiger partial charge in [-0.1, -0.05) is 29.8 Å². The molecule has 1 amide bonds. The molecule has 0 aliphatic rings. The van der Waals surface area contributed by atoms with Crippen molar-refractivity contribution in [2.45, 2.75) is 6.92 Å². The standard InChI is InChI=1S/C17H15N3O2S/c1-11-3-5-12(6-4-11)15-10-23-17(19-15)20-16(21)14-8-7-13(22-2)9-18-14/h3-10H,1-2H3,(H,19,20,21). The molecule has 0 saturated heterocycles. The van der Waals surface area contributed by atoms with Crippen LogP contribution in [0.25, 0.3) is 11.3 Å². The first-order chi connectivity index (χ1) is 11.2. The van der Waals surface area contributed by atoms with E-state index in [1.807, 2.05) is 36.6 Å². The van der Waals surface area contributed by atoms with Crippen molar-refractivity contribution < 1.29 is 9.53 Å². The molecule has 1 aromatic carbocycles. The molecule has 0 unspecified atom stereocenters. The number of carbonyl (C=O) groups is 1. The molecule has 3 aromatic rings. The summed E-state index contributed by atoms with van der Waals surface area (Å²) in [7, 11) is 1.55. The summed E-state index contributed by atoms with van der Waals surface area (Å²) in [4.78, 5) is 20.7. The third-order valence-corrected chi connectivity index (χ3v) is 4.03. The Hall–Kier alpha value is -2.73. The highest BCUT2D eigenvalue weighted by Gasteiger charge is 2.11. The van der Waals surface area contributed by atoms with Gasteiger partial charge in [-0.05, 0) is 19.1 Å². The Morgan fingerprint density at radius 1 is 1.17 bits per heavy atom. The van der Waals surface area contributed by atoms with E-state index in [-0.39, 0.29) is 5.91 Å². The van der Waals surface area contributed by atoms with E-state index in [9.17, 15) is 4.79 Å². The van der Waals surface area contributed by atoms with Crippen LogP contribution >= 0.6 is 11.3 Å². The molecule has 5 nitrogen and oxygen atoms in total. The Morgan fingerprint density at radius 2 is 1.96 bits per heavy atom. The number of methoxy groups -OCH3 is 1. The Morgan fingerprint density at radius 3 is 2.61 bits per heavy atom. The Bertz CT molecular complexity index is 811. The molecule has 0 saturated carbocycles. The largest absolute Gasteiger partial charge is 0.495 e. The number of anilines is 1. The average Bonchev–Trinajstić information content (AvgIpc) is 3.04. The Labute approximate surface area is 138 Å². The quantitative estimate of drug-likeness (QED) is 0.793. The molecule has 2 aromatic heterocycles. The fourth-order valence-corrected chi connectivity index (χ4v) is 2.70. The van der Waals surface area contributed by atoms with Crippen LogP contribution in [0.1, 0.15) is 16.1 Å². The van der Waals surface area contributed by atoms with E-state index in [0.717, 1.165) is 11.3 Å². The van der Waals surface area contributed by atoms with Crippen molar-refractivity contribution in [2.24, 2.45) is 0 Å². The summed E-state index contributed by atoms with van der Waals surface area (Å²) < 4.78 is 5.02. The van der Waals surface area contributed by atoms with Crippen LogP contribution in [0.4, 0.5) is 5.13 Å². The molecule has 116 valence electrons. The molecular weight excluding hydrogens is 310 g/mol. The summed E-state index contributed by atoms with van der Waals surface area (Å²) in [6, 6.07) is 11.4. The van der Waals surface area contributed by atoms with Gasteiger partial charge in [-0.2, -0.15) is 0 Å². The molecule has 1 N–H and O–H groups in total. The number of nitrogens with one attached hydrogen (secondary N) is 1. The lowest BCUT2D eigenvalue weighted by atomic mass is 10.1. The zero-order valence-electron chi connectivity index (χ0n) is 12.7. The molecule has 0 atom stereocenters. The van der Waals surface area contributed by atoms with Gasteiger partial charge in [0.05, 0.1) is 19.0 Å². The van der Waals surface area contributed by atoms with Crippen molar-refractivity contribution in [3.8, 4) is 17.0 Å². The van der Waals surface area contributed by atoms with Crippen LogP contribution in [0.5, 0.6) is 5.75 Å². The van der Waals surface area contributed by atoms with Crippen molar-refractivity contribution in [1.82, 2.24) is 9.97 Å². The number of ether oxygens (including phenoxy) is 1. The second-order valence-corrected chi connectivity index (χ2v) is 5.80. The number of amides is 1. The lowest BCUT2D eigenvalue weighted by molar-refractivity contribution is 0.102. The summed E-state index contributed by atoms with van der Waals surface area (Å²) in [5.74, 6) is 0.315. The number of thiazole rings is 1. The summed E-state index contributed by atoms with van der Waals surface area (Å²) in [6.45, 7) is 2.04. The van der Waals surface area contributed by atoms with Gasteiger partial charge in [-0.25, -0.2) is 9.97 Å². The number of hydrogen-bond donors (Lipinski definition) is 1. The van der Waals surface area contributed by atoms with E-state index in [1.165, 1.54) is 23.1 Å². The summed E-state index contributed by atoms with van der Waals surface area (Å²) >= 11 is 1.38.